The number of pyridine rings is 1. The predicted molar refractivity (Wildman–Crippen MR) is 113 cm³/mol. The van der Waals surface area contributed by atoms with Crippen LogP contribution in [0.3, 0.4) is 0 Å². The molecule has 0 unspecified atom stereocenters. The molecule has 1 N–H and O–H groups in total. The summed E-state index contributed by atoms with van der Waals surface area (Å²) in [5.41, 5.74) is 1.99. The largest absolute Gasteiger partial charge is 0.444 e. The van der Waals surface area contributed by atoms with Crippen molar-refractivity contribution in [2.75, 3.05) is 13.1 Å². The van der Waals surface area contributed by atoms with Crippen molar-refractivity contribution < 1.29 is 13.9 Å². The molecule has 0 radical (unpaired) electrons. The molecule has 1 aliphatic heterocycles. The molecule has 2 heterocycles. The number of piperidine rings is 1. The number of amides is 1. The Morgan fingerprint density at radius 3 is 2.59 bits per heavy atom. The van der Waals surface area contributed by atoms with Crippen LogP contribution in [0.5, 0.6) is 0 Å². The molecule has 0 atom stereocenters. The zero-order valence-electron chi connectivity index (χ0n) is 18.1. The van der Waals surface area contributed by atoms with Gasteiger partial charge in [-0.05, 0) is 75.9 Å². The van der Waals surface area contributed by atoms with Gasteiger partial charge in [0.2, 0.25) is 5.95 Å². The molecule has 29 heavy (non-hydrogen) atoms. The highest BCUT2D eigenvalue weighted by Crippen LogP contribution is 2.30. The predicted octanol–water partition coefficient (Wildman–Crippen LogP) is 5.02. The van der Waals surface area contributed by atoms with Crippen molar-refractivity contribution in [3.05, 3.63) is 41.3 Å². The Morgan fingerprint density at radius 2 is 1.93 bits per heavy atom. The average molecular weight is 402 g/mol. The van der Waals surface area contributed by atoms with Crippen LogP contribution in [0, 0.1) is 11.4 Å². The van der Waals surface area contributed by atoms with E-state index >= 15 is 0 Å². The molecule has 1 aromatic heterocycles. The van der Waals surface area contributed by atoms with Crippen molar-refractivity contribution >= 4 is 17.0 Å². The van der Waals surface area contributed by atoms with E-state index in [-0.39, 0.29) is 0 Å². The Morgan fingerprint density at radius 1 is 1.24 bits per heavy atom. The number of benzene rings is 1. The van der Waals surface area contributed by atoms with E-state index in [0.717, 1.165) is 36.9 Å². The lowest BCUT2D eigenvalue weighted by molar-refractivity contribution is 0.0523. The number of alkyl carbamates (subject to hydrolysis) is 1. The van der Waals surface area contributed by atoms with Gasteiger partial charge in [-0.25, -0.2) is 9.78 Å². The first-order valence-corrected chi connectivity index (χ1v) is 10.3. The molecule has 1 aliphatic rings. The van der Waals surface area contributed by atoms with Crippen LogP contribution >= 0.6 is 0 Å². The summed E-state index contributed by atoms with van der Waals surface area (Å²) in [6.45, 7) is 12.9. The van der Waals surface area contributed by atoms with Gasteiger partial charge in [-0.3, -0.25) is 4.90 Å². The average Bonchev–Trinajstić information content (AvgIpc) is 2.61. The van der Waals surface area contributed by atoms with Crippen LogP contribution < -0.4 is 5.32 Å². The molecule has 1 amide bonds. The quantitative estimate of drug-likeness (QED) is 0.731. The first-order valence-electron chi connectivity index (χ1n) is 10.3. The molecule has 0 bridgehead atoms. The number of hydrogen-bond acceptors (Lipinski definition) is 4. The number of carbonyl (C=O) groups excluding carboxylic acids is 1. The summed E-state index contributed by atoms with van der Waals surface area (Å²) in [7, 11) is 0. The Balaban J connectivity index is 1.69. The lowest BCUT2D eigenvalue weighted by atomic mass is 9.82. The minimum Gasteiger partial charge on any atom is -0.444 e. The van der Waals surface area contributed by atoms with Crippen molar-refractivity contribution in [3.63, 3.8) is 0 Å². The summed E-state index contributed by atoms with van der Waals surface area (Å²) < 4.78 is 19.8. The van der Waals surface area contributed by atoms with E-state index in [0.29, 0.717) is 29.6 Å². The molecule has 0 saturated carbocycles. The molecule has 2 aromatic rings. The summed E-state index contributed by atoms with van der Waals surface area (Å²) in [5, 5.41) is 3.63. The summed E-state index contributed by atoms with van der Waals surface area (Å²) >= 11 is 0. The van der Waals surface area contributed by atoms with Crippen LogP contribution in [0.2, 0.25) is 0 Å². The number of nitrogens with zero attached hydrogens (tertiary/aromatic N) is 2. The van der Waals surface area contributed by atoms with Gasteiger partial charge in [0.05, 0.1) is 5.52 Å². The Hall–Kier alpha value is -2.21. The summed E-state index contributed by atoms with van der Waals surface area (Å²) in [6, 6.07) is 7.46. The minimum absolute atomic E-state index is 0.346. The maximum Gasteiger partial charge on any atom is 0.407 e. The van der Waals surface area contributed by atoms with E-state index in [1.807, 2.05) is 39.0 Å². The van der Waals surface area contributed by atoms with E-state index in [1.165, 1.54) is 0 Å². The fourth-order valence-corrected chi connectivity index (χ4v) is 3.51. The lowest BCUT2D eigenvalue weighted by Crippen LogP contribution is -2.37. The standard InChI is InChI=1S/C23H32FN3O2/c1-22(2,3)29-21(28)25-14-16-6-7-19-17(12-16)13-18(20(24)26-19)15-27-10-8-23(4,5)9-11-27/h6-7,12-13H,8-11,14-15H2,1-5H3,(H,25,28). The van der Waals surface area contributed by atoms with Crippen LogP contribution in [0.4, 0.5) is 9.18 Å². The van der Waals surface area contributed by atoms with Gasteiger partial charge in [-0.2, -0.15) is 4.39 Å². The maximum atomic E-state index is 14.5. The van der Waals surface area contributed by atoms with Crippen LogP contribution in [-0.4, -0.2) is 34.7 Å². The number of rotatable bonds is 4. The third kappa shape index (κ3) is 6.13. The lowest BCUT2D eigenvalue weighted by Gasteiger charge is -2.36. The number of fused-ring (bicyclic) bond motifs is 1. The van der Waals surface area contributed by atoms with Gasteiger partial charge >= 0.3 is 6.09 Å². The second-order valence-corrected chi connectivity index (χ2v) is 9.76. The van der Waals surface area contributed by atoms with Crippen molar-refractivity contribution in [2.45, 2.75) is 66.2 Å². The fraction of sp³-hybridized carbons (Fsp3) is 0.565. The van der Waals surface area contributed by atoms with Gasteiger partial charge in [-0.15, -0.1) is 0 Å². The second-order valence-electron chi connectivity index (χ2n) is 9.76. The smallest absolute Gasteiger partial charge is 0.407 e. The number of hydrogen-bond donors (Lipinski definition) is 1. The SMILES string of the molecule is CC1(C)CCN(Cc2cc3cc(CNC(=O)OC(C)(C)C)ccc3nc2F)CC1. The normalized spacial score (nSPS) is 17.3. The number of likely N-dealkylation sites (tertiary alicyclic amines) is 1. The zero-order valence-corrected chi connectivity index (χ0v) is 18.1. The number of carbonyl (C=O) groups is 1. The summed E-state index contributed by atoms with van der Waals surface area (Å²) in [6.07, 6.45) is 1.79. The fourth-order valence-electron chi connectivity index (χ4n) is 3.51. The number of aromatic nitrogens is 1. The van der Waals surface area contributed by atoms with Gasteiger partial charge < -0.3 is 10.1 Å². The van der Waals surface area contributed by atoms with Crippen LogP contribution in [-0.2, 0) is 17.8 Å². The highest BCUT2D eigenvalue weighted by molar-refractivity contribution is 5.80. The molecule has 0 spiro atoms. The first-order chi connectivity index (χ1) is 13.5. The topological polar surface area (TPSA) is 54.5 Å². The molecule has 0 aliphatic carbocycles. The van der Waals surface area contributed by atoms with Crippen LogP contribution in [0.15, 0.2) is 24.3 Å². The molecular weight excluding hydrogens is 369 g/mol. The number of ether oxygens (including phenoxy) is 1. The molecule has 3 rings (SSSR count). The van der Waals surface area contributed by atoms with Gasteiger partial charge in [0.15, 0.2) is 0 Å². The second kappa shape index (κ2) is 8.27. The van der Waals surface area contributed by atoms with Crippen molar-refractivity contribution in [3.8, 4) is 0 Å². The summed E-state index contributed by atoms with van der Waals surface area (Å²) in [4.78, 5) is 18.3. The number of halogens is 1. The molecular formula is C23H32FN3O2. The Bertz CT molecular complexity index is 880. The van der Waals surface area contributed by atoms with E-state index in [1.54, 1.807) is 6.07 Å². The van der Waals surface area contributed by atoms with Crippen LogP contribution in [0.1, 0.15) is 58.6 Å². The molecule has 5 nitrogen and oxygen atoms in total. The minimum atomic E-state index is -0.534. The maximum absolute atomic E-state index is 14.5. The van der Waals surface area contributed by atoms with Gasteiger partial charge in [0.1, 0.15) is 5.60 Å². The van der Waals surface area contributed by atoms with Crippen LogP contribution in [0.25, 0.3) is 10.9 Å². The van der Waals surface area contributed by atoms with E-state index < -0.39 is 17.6 Å². The van der Waals surface area contributed by atoms with E-state index in [9.17, 15) is 9.18 Å². The third-order valence-electron chi connectivity index (χ3n) is 5.34. The zero-order chi connectivity index (χ0) is 21.2. The highest BCUT2D eigenvalue weighted by Gasteiger charge is 2.26. The molecule has 1 fully saturated rings. The van der Waals surface area contributed by atoms with E-state index in [4.69, 9.17) is 4.74 Å². The van der Waals surface area contributed by atoms with Crippen molar-refractivity contribution in [2.24, 2.45) is 5.41 Å². The molecule has 1 saturated heterocycles. The van der Waals surface area contributed by atoms with Crippen molar-refractivity contribution in [1.82, 2.24) is 15.2 Å². The van der Waals surface area contributed by atoms with Gasteiger partial charge in [-0.1, -0.05) is 19.9 Å². The van der Waals surface area contributed by atoms with E-state index in [2.05, 4.69) is 29.0 Å². The molecule has 1 aromatic carbocycles. The monoisotopic (exact) mass is 401 g/mol. The summed E-state index contributed by atoms with van der Waals surface area (Å²) in [5.74, 6) is -0.401. The first kappa shape index (κ1) is 21.5. The van der Waals surface area contributed by atoms with Crippen molar-refractivity contribution in [1.29, 1.82) is 0 Å². The highest BCUT2D eigenvalue weighted by atomic mass is 19.1. The van der Waals surface area contributed by atoms with Gasteiger partial charge in [0, 0.05) is 24.0 Å². The molecule has 158 valence electrons. The Labute approximate surface area is 172 Å². The third-order valence-corrected chi connectivity index (χ3v) is 5.34. The Kier molecular flexibility index (Phi) is 6.13. The van der Waals surface area contributed by atoms with Gasteiger partial charge in [0.25, 0.3) is 0 Å². The molecule has 6 heteroatoms. The number of nitrogens with one attached hydrogen (secondary N) is 1.